The monoisotopic (exact) mass is 390 g/mol. The third-order valence-electron chi connectivity index (χ3n) is 4.33. The highest BCUT2D eigenvalue weighted by atomic mass is 32.1. The van der Waals surface area contributed by atoms with Gasteiger partial charge >= 0.3 is 0 Å². The summed E-state index contributed by atoms with van der Waals surface area (Å²) < 4.78 is 26.5. The Labute approximate surface area is 163 Å². The Balaban J connectivity index is 1.57. The molecule has 0 radical (unpaired) electrons. The highest BCUT2D eigenvalue weighted by Gasteiger charge is 2.20. The molecule has 1 aliphatic rings. The van der Waals surface area contributed by atoms with Crippen molar-refractivity contribution in [2.75, 3.05) is 18.4 Å². The van der Waals surface area contributed by atoms with Crippen molar-refractivity contribution in [1.82, 2.24) is 4.90 Å². The van der Waals surface area contributed by atoms with Gasteiger partial charge in [0.25, 0.3) is 0 Å². The molecule has 0 unspecified atom stereocenters. The molecule has 0 amide bonds. The summed E-state index contributed by atoms with van der Waals surface area (Å²) in [5.74, 6) is 4.19. The van der Waals surface area contributed by atoms with Gasteiger partial charge in [0.05, 0.1) is 4.88 Å². The third kappa shape index (κ3) is 6.03. The number of thiophene rings is 1. The van der Waals surface area contributed by atoms with E-state index in [1.165, 1.54) is 10.9 Å². The smallest absolute Gasteiger partial charge is 0.160 e. The van der Waals surface area contributed by atoms with Crippen LogP contribution in [0.5, 0.6) is 0 Å². The fraction of sp³-hybridized carbons (Fsp3) is 0.429. The van der Waals surface area contributed by atoms with Gasteiger partial charge in [-0.15, -0.1) is 11.3 Å². The lowest BCUT2D eigenvalue weighted by atomic mass is 10.1. The first-order valence-corrected chi connectivity index (χ1v) is 9.88. The average Bonchev–Trinajstić information content (AvgIpc) is 3.04. The lowest BCUT2D eigenvalue weighted by Crippen LogP contribution is -2.41. The Morgan fingerprint density at radius 2 is 2.07 bits per heavy atom. The fourth-order valence-corrected chi connectivity index (χ4v) is 4.01. The van der Waals surface area contributed by atoms with Crippen LogP contribution in [0.2, 0.25) is 0 Å². The molecule has 0 aliphatic carbocycles. The largest absolute Gasteiger partial charge is 0.381 e. The molecule has 1 saturated heterocycles. The molecular formula is C21H24F2N2OS. The summed E-state index contributed by atoms with van der Waals surface area (Å²) in [7, 11) is 0. The van der Waals surface area contributed by atoms with Crippen LogP contribution in [-0.2, 0) is 6.54 Å². The number of aliphatic hydroxyl groups is 1. The van der Waals surface area contributed by atoms with E-state index in [4.69, 9.17) is 0 Å². The SMILES string of the molecule is CC(C)(O)C#Cc1ccc(CN2CCC[C@@H](Nc3ccc(F)c(F)c3)C2)s1. The quantitative estimate of drug-likeness (QED) is 0.767. The van der Waals surface area contributed by atoms with Gasteiger partial charge in [0.2, 0.25) is 0 Å². The second-order valence-corrected chi connectivity index (χ2v) is 8.59. The van der Waals surface area contributed by atoms with Crippen molar-refractivity contribution in [2.24, 2.45) is 0 Å². The standard InChI is InChI=1S/C21H24F2N2OS/c1-21(2,26)10-9-17-6-7-18(27-17)14-25-11-3-4-16(13-25)24-15-5-8-19(22)20(23)12-15/h5-8,12,16,24,26H,3-4,11,13-14H2,1-2H3/t16-/m1/s1. The van der Waals surface area contributed by atoms with Crippen LogP contribution < -0.4 is 5.32 Å². The molecule has 1 fully saturated rings. The van der Waals surface area contributed by atoms with Crippen LogP contribution in [0.25, 0.3) is 0 Å². The minimum Gasteiger partial charge on any atom is -0.381 e. The van der Waals surface area contributed by atoms with E-state index in [0.29, 0.717) is 5.69 Å². The molecule has 6 heteroatoms. The van der Waals surface area contributed by atoms with Gasteiger partial charge in [-0.1, -0.05) is 11.8 Å². The summed E-state index contributed by atoms with van der Waals surface area (Å²) in [6.45, 7) is 6.04. The van der Waals surface area contributed by atoms with Crippen LogP contribution >= 0.6 is 11.3 Å². The third-order valence-corrected chi connectivity index (χ3v) is 5.31. The van der Waals surface area contributed by atoms with E-state index in [1.54, 1.807) is 31.3 Å². The van der Waals surface area contributed by atoms with Gasteiger partial charge < -0.3 is 10.4 Å². The zero-order chi connectivity index (χ0) is 19.4. The predicted molar refractivity (Wildman–Crippen MR) is 106 cm³/mol. The highest BCUT2D eigenvalue weighted by Crippen LogP contribution is 2.22. The minimum atomic E-state index is -0.990. The molecule has 1 aliphatic heterocycles. The highest BCUT2D eigenvalue weighted by molar-refractivity contribution is 7.12. The van der Waals surface area contributed by atoms with Gasteiger partial charge in [-0.25, -0.2) is 8.78 Å². The van der Waals surface area contributed by atoms with Crippen molar-refractivity contribution in [1.29, 1.82) is 0 Å². The second kappa shape index (κ2) is 8.39. The van der Waals surface area contributed by atoms with Crippen LogP contribution in [0.1, 0.15) is 36.4 Å². The number of benzene rings is 1. The lowest BCUT2D eigenvalue weighted by molar-refractivity contribution is 0.143. The Kier molecular flexibility index (Phi) is 6.15. The number of piperidine rings is 1. The molecule has 3 rings (SSSR count). The number of hydrogen-bond donors (Lipinski definition) is 2. The van der Waals surface area contributed by atoms with Gasteiger partial charge in [0.1, 0.15) is 5.60 Å². The normalized spacial score (nSPS) is 18.0. The molecule has 0 saturated carbocycles. The van der Waals surface area contributed by atoms with Gasteiger partial charge in [-0.3, -0.25) is 4.90 Å². The lowest BCUT2D eigenvalue weighted by Gasteiger charge is -2.33. The number of halogens is 2. The number of rotatable bonds is 4. The van der Waals surface area contributed by atoms with Crippen molar-refractivity contribution >= 4 is 17.0 Å². The molecule has 144 valence electrons. The van der Waals surface area contributed by atoms with Gasteiger partial charge in [0, 0.05) is 35.8 Å². The summed E-state index contributed by atoms with van der Waals surface area (Å²) in [6.07, 6.45) is 2.06. The van der Waals surface area contributed by atoms with Gasteiger partial charge in [-0.2, -0.15) is 0 Å². The van der Waals surface area contributed by atoms with Crippen LogP contribution in [0.4, 0.5) is 14.5 Å². The van der Waals surface area contributed by atoms with Crippen LogP contribution in [0.3, 0.4) is 0 Å². The Bertz CT molecular complexity index is 848. The summed E-state index contributed by atoms with van der Waals surface area (Å²) in [5, 5.41) is 13.0. The van der Waals surface area contributed by atoms with Crippen LogP contribution in [0, 0.1) is 23.5 Å². The molecule has 2 heterocycles. The summed E-state index contributed by atoms with van der Waals surface area (Å²) >= 11 is 1.64. The summed E-state index contributed by atoms with van der Waals surface area (Å²) in [5.41, 5.74) is -0.378. The van der Waals surface area contributed by atoms with Crippen molar-refractivity contribution in [3.05, 3.63) is 51.7 Å². The zero-order valence-corrected chi connectivity index (χ0v) is 16.4. The number of hydrogen-bond acceptors (Lipinski definition) is 4. The zero-order valence-electron chi connectivity index (χ0n) is 15.6. The molecule has 0 bridgehead atoms. The minimum absolute atomic E-state index is 0.207. The maximum atomic E-state index is 13.4. The molecule has 2 N–H and O–H groups in total. The first kappa shape index (κ1) is 19.8. The number of likely N-dealkylation sites (tertiary alicyclic amines) is 1. The van der Waals surface area contributed by atoms with Crippen LogP contribution in [-0.4, -0.2) is 34.7 Å². The summed E-state index contributed by atoms with van der Waals surface area (Å²) in [6, 6.07) is 8.20. The Morgan fingerprint density at radius 3 is 2.81 bits per heavy atom. The molecule has 1 atom stereocenters. The predicted octanol–water partition coefficient (Wildman–Crippen LogP) is 4.23. The van der Waals surface area contributed by atoms with E-state index in [0.717, 1.165) is 43.4 Å². The van der Waals surface area contributed by atoms with Crippen LogP contribution in [0.15, 0.2) is 30.3 Å². The second-order valence-electron chi connectivity index (χ2n) is 7.42. The molecule has 1 aromatic carbocycles. The maximum absolute atomic E-state index is 13.4. The first-order valence-electron chi connectivity index (χ1n) is 9.07. The molecule has 0 spiro atoms. The first-order chi connectivity index (χ1) is 12.8. The summed E-state index contributed by atoms with van der Waals surface area (Å²) in [4.78, 5) is 4.53. The van der Waals surface area contributed by atoms with Gasteiger partial charge in [0.15, 0.2) is 11.6 Å². The van der Waals surface area contributed by atoms with Gasteiger partial charge in [-0.05, 0) is 57.5 Å². The molecule has 27 heavy (non-hydrogen) atoms. The van der Waals surface area contributed by atoms with Crippen molar-refractivity contribution in [2.45, 2.75) is 44.9 Å². The molecule has 2 aromatic rings. The molecule has 3 nitrogen and oxygen atoms in total. The molecular weight excluding hydrogens is 366 g/mol. The number of nitrogens with one attached hydrogen (secondary N) is 1. The number of anilines is 1. The maximum Gasteiger partial charge on any atom is 0.160 e. The van der Waals surface area contributed by atoms with E-state index in [-0.39, 0.29) is 6.04 Å². The average molecular weight is 390 g/mol. The number of nitrogens with zero attached hydrogens (tertiary/aromatic N) is 1. The van der Waals surface area contributed by atoms with E-state index in [9.17, 15) is 13.9 Å². The Morgan fingerprint density at radius 1 is 1.26 bits per heavy atom. The van der Waals surface area contributed by atoms with Crippen molar-refractivity contribution in [3.8, 4) is 11.8 Å². The van der Waals surface area contributed by atoms with Crippen molar-refractivity contribution < 1.29 is 13.9 Å². The topological polar surface area (TPSA) is 35.5 Å². The van der Waals surface area contributed by atoms with E-state index in [2.05, 4.69) is 28.1 Å². The van der Waals surface area contributed by atoms with E-state index < -0.39 is 17.2 Å². The fourth-order valence-electron chi connectivity index (χ4n) is 3.10. The van der Waals surface area contributed by atoms with E-state index >= 15 is 0 Å². The Hall–Kier alpha value is -1.94. The van der Waals surface area contributed by atoms with Crippen molar-refractivity contribution in [3.63, 3.8) is 0 Å². The van der Waals surface area contributed by atoms with E-state index in [1.807, 2.05) is 6.07 Å². The molecule has 1 aromatic heterocycles.